The van der Waals surface area contributed by atoms with Gasteiger partial charge in [-0.05, 0) is 6.42 Å². The van der Waals surface area contributed by atoms with Crippen LogP contribution in [0.15, 0.2) is 11.8 Å². The van der Waals surface area contributed by atoms with Crippen LogP contribution < -0.4 is 0 Å². The molecule has 0 aromatic carbocycles. The number of carbonyl (C=O) groups excluding carboxylic acids is 1. The normalized spacial score (nSPS) is 51.2. The predicted molar refractivity (Wildman–Crippen MR) is 50.1 cm³/mol. The minimum absolute atomic E-state index is 0.164. The van der Waals surface area contributed by atoms with Gasteiger partial charge in [-0.2, -0.15) is 0 Å². The van der Waals surface area contributed by atoms with Gasteiger partial charge in [-0.3, -0.25) is 0 Å². The van der Waals surface area contributed by atoms with E-state index in [0.29, 0.717) is 12.2 Å². The zero-order chi connectivity index (χ0) is 10.9. The molecule has 86 valence electrons. The lowest BCUT2D eigenvalue weighted by molar-refractivity contribution is -0.142. The second-order valence-corrected chi connectivity index (χ2v) is 4.81. The number of esters is 1. The molecule has 1 spiro atoms. The van der Waals surface area contributed by atoms with E-state index >= 15 is 0 Å². The molecule has 1 saturated carbocycles. The quantitative estimate of drug-likeness (QED) is 0.470. The fourth-order valence-electron chi connectivity index (χ4n) is 3.44. The van der Waals surface area contributed by atoms with Gasteiger partial charge in [0, 0.05) is 5.92 Å². The van der Waals surface area contributed by atoms with Crippen molar-refractivity contribution >= 4 is 5.97 Å². The molecule has 0 radical (unpaired) electrons. The number of hydrogen-bond donors (Lipinski definition) is 0. The van der Waals surface area contributed by atoms with Gasteiger partial charge in [-0.15, -0.1) is 0 Å². The van der Waals surface area contributed by atoms with Gasteiger partial charge in [0.25, 0.3) is 0 Å². The largest absolute Gasteiger partial charge is 0.472 e. The third kappa shape index (κ3) is 0.836. The van der Waals surface area contributed by atoms with Crippen LogP contribution in [-0.4, -0.2) is 37.7 Å². The Labute approximate surface area is 92.3 Å². The van der Waals surface area contributed by atoms with E-state index in [-0.39, 0.29) is 35.8 Å². The molecule has 5 nitrogen and oxygen atoms in total. The van der Waals surface area contributed by atoms with E-state index in [4.69, 9.17) is 18.9 Å². The highest BCUT2D eigenvalue weighted by atomic mass is 16.7. The number of hydrogen-bond acceptors (Lipinski definition) is 5. The number of carbonyl (C=O) groups is 1. The minimum Gasteiger partial charge on any atom is -0.472 e. The van der Waals surface area contributed by atoms with Gasteiger partial charge in [0.2, 0.25) is 6.29 Å². The van der Waals surface area contributed by atoms with Gasteiger partial charge in [-0.1, -0.05) is 0 Å². The van der Waals surface area contributed by atoms with Crippen LogP contribution in [0.2, 0.25) is 0 Å². The average Bonchev–Trinajstić information content (AvgIpc) is 2.70. The Kier molecular flexibility index (Phi) is 1.46. The van der Waals surface area contributed by atoms with Crippen LogP contribution in [0.3, 0.4) is 0 Å². The smallest absolute Gasteiger partial charge is 0.337 e. The molecule has 4 rings (SSSR count). The first kappa shape index (κ1) is 9.01. The van der Waals surface area contributed by atoms with Crippen molar-refractivity contribution in [3.63, 3.8) is 0 Å². The van der Waals surface area contributed by atoms with Gasteiger partial charge in [-0.25, -0.2) is 4.79 Å². The maximum atomic E-state index is 11.6. The molecule has 4 aliphatic rings. The van der Waals surface area contributed by atoms with Crippen molar-refractivity contribution in [2.24, 2.45) is 11.8 Å². The Bertz CT molecular complexity index is 403. The lowest BCUT2D eigenvalue weighted by Gasteiger charge is -2.30. The van der Waals surface area contributed by atoms with E-state index in [1.54, 1.807) is 0 Å². The SMILES string of the molecule is COC(=O)C1=CO[C@@H]2OC[C@]34O[C@H]3C[C@H]1[C@H]24. The number of methoxy groups -OCH3 is 1. The van der Waals surface area contributed by atoms with E-state index in [2.05, 4.69) is 0 Å². The van der Waals surface area contributed by atoms with E-state index in [1.807, 2.05) is 0 Å². The van der Waals surface area contributed by atoms with Crippen LogP contribution in [-0.2, 0) is 23.7 Å². The third-order valence-electron chi connectivity index (χ3n) is 4.23. The van der Waals surface area contributed by atoms with Crippen molar-refractivity contribution in [2.75, 3.05) is 13.7 Å². The van der Waals surface area contributed by atoms with Crippen LogP contribution in [0.25, 0.3) is 0 Å². The van der Waals surface area contributed by atoms with Crippen LogP contribution in [0.5, 0.6) is 0 Å². The Morgan fingerprint density at radius 1 is 1.62 bits per heavy atom. The summed E-state index contributed by atoms with van der Waals surface area (Å²) in [5.41, 5.74) is 0.465. The molecule has 0 bridgehead atoms. The fourth-order valence-corrected chi connectivity index (χ4v) is 3.44. The second kappa shape index (κ2) is 2.60. The fraction of sp³-hybridized carbons (Fsp3) is 0.727. The number of epoxide rings is 1. The van der Waals surface area contributed by atoms with Crippen molar-refractivity contribution in [1.29, 1.82) is 0 Å². The van der Waals surface area contributed by atoms with Crippen LogP contribution >= 0.6 is 0 Å². The molecule has 0 amide bonds. The summed E-state index contributed by atoms with van der Waals surface area (Å²) in [5, 5.41) is 0. The summed E-state index contributed by atoms with van der Waals surface area (Å²) in [6.45, 7) is 0.589. The summed E-state index contributed by atoms with van der Waals surface area (Å²) >= 11 is 0. The lowest BCUT2D eigenvalue weighted by Crippen LogP contribution is -2.36. The highest BCUT2D eigenvalue weighted by Crippen LogP contribution is 2.64. The average molecular weight is 224 g/mol. The number of ether oxygens (including phenoxy) is 4. The zero-order valence-electron chi connectivity index (χ0n) is 8.84. The Morgan fingerprint density at radius 3 is 3.31 bits per heavy atom. The van der Waals surface area contributed by atoms with E-state index in [9.17, 15) is 4.79 Å². The minimum atomic E-state index is -0.299. The molecular weight excluding hydrogens is 212 g/mol. The van der Waals surface area contributed by atoms with Crippen LogP contribution in [0.1, 0.15) is 6.42 Å². The van der Waals surface area contributed by atoms with Gasteiger partial charge in [0.1, 0.15) is 5.60 Å². The Morgan fingerprint density at radius 2 is 2.50 bits per heavy atom. The standard InChI is InChI=1S/C11H12O5/c1-13-9(12)6-3-14-10-8-5(6)2-7-11(8,16-7)4-15-10/h3,5,7-8,10H,2,4H2,1H3/t5-,7+,8-,10-,11+/m1/s1. The summed E-state index contributed by atoms with van der Waals surface area (Å²) in [6, 6.07) is 0. The van der Waals surface area contributed by atoms with Gasteiger partial charge in [0.15, 0.2) is 0 Å². The molecular formula is C11H12O5. The highest BCUT2D eigenvalue weighted by molar-refractivity contribution is 5.89. The topological polar surface area (TPSA) is 57.3 Å². The summed E-state index contributed by atoms with van der Waals surface area (Å²) in [4.78, 5) is 11.6. The molecule has 3 heterocycles. The van der Waals surface area contributed by atoms with Gasteiger partial charge in [0.05, 0.1) is 37.6 Å². The molecule has 0 aromatic heterocycles. The molecule has 0 N–H and O–H groups in total. The maximum Gasteiger partial charge on any atom is 0.337 e. The van der Waals surface area contributed by atoms with E-state index in [1.165, 1.54) is 13.4 Å². The highest BCUT2D eigenvalue weighted by Gasteiger charge is 2.76. The molecule has 0 unspecified atom stereocenters. The molecule has 3 fully saturated rings. The maximum absolute atomic E-state index is 11.6. The Hall–Kier alpha value is -1.07. The van der Waals surface area contributed by atoms with Gasteiger partial charge >= 0.3 is 5.97 Å². The lowest BCUT2D eigenvalue weighted by atomic mass is 9.83. The first-order valence-electron chi connectivity index (χ1n) is 5.49. The van der Waals surface area contributed by atoms with Crippen molar-refractivity contribution < 1.29 is 23.7 Å². The monoisotopic (exact) mass is 224 g/mol. The molecule has 3 aliphatic heterocycles. The van der Waals surface area contributed by atoms with Crippen molar-refractivity contribution in [3.8, 4) is 0 Å². The zero-order valence-corrected chi connectivity index (χ0v) is 8.84. The van der Waals surface area contributed by atoms with Crippen molar-refractivity contribution in [1.82, 2.24) is 0 Å². The number of rotatable bonds is 1. The third-order valence-corrected chi connectivity index (χ3v) is 4.23. The van der Waals surface area contributed by atoms with E-state index < -0.39 is 0 Å². The second-order valence-electron chi connectivity index (χ2n) is 4.81. The summed E-state index contributed by atoms with van der Waals surface area (Å²) < 4.78 is 21.4. The van der Waals surface area contributed by atoms with Crippen molar-refractivity contribution in [2.45, 2.75) is 24.4 Å². The van der Waals surface area contributed by atoms with Crippen LogP contribution in [0, 0.1) is 11.8 Å². The molecule has 5 heteroatoms. The summed E-state index contributed by atoms with van der Waals surface area (Å²) in [5.74, 6) is 0.0378. The summed E-state index contributed by atoms with van der Waals surface area (Å²) in [6.07, 6.45) is 2.38. The Balaban J connectivity index is 1.73. The predicted octanol–water partition coefficient (Wildman–Crippen LogP) is 0.203. The molecule has 0 aromatic rings. The van der Waals surface area contributed by atoms with E-state index in [0.717, 1.165) is 6.42 Å². The first-order chi connectivity index (χ1) is 7.76. The van der Waals surface area contributed by atoms with Gasteiger partial charge < -0.3 is 18.9 Å². The summed E-state index contributed by atoms with van der Waals surface area (Å²) in [7, 11) is 1.39. The molecule has 2 saturated heterocycles. The van der Waals surface area contributed by atoms with Crippen molar-refractivity contribution in [3.05, 3.63) is 11.8 Å². The molecule has 1 aliphatic carbocycles. The molecule has 16 heavy (non-hydrogen) atoms. The first-order valence-corrected chi connectivity index (χ1v) is 5.49. The van der Waals surface area contributed by atoms with Crippen LogP contribution in [0.4, 0.5) is 0 Å². The molecule has 5 atom stereocenters.